The highest BCUT2D eigenvalue weighted by Crippen LogP contribution is 2.39. The summed E-state index contributed by atoms with van der Waals surface area (Å²) in [6.45, 7) is 2.11. The fourth-order valence-corrected chi connectivity index (χ4v) is 6.27. The van der Waals surface area contributed by atoms with Crippen LogP contribution in [0.25, 0.3) is 0 Å². The van der Waals surface area contributed by atoms with Crippen LogP contribution in [-0.4, -0.2) is 46.3 Å². The molecule has 0 aliphatic heterocycles. The first-order valence-electron chi connectivity index (χ1n) is 10.3. The van der Waals surface area contributed by atoms with E-state index >= 15 is 0 Å². The van der Waals surface area contributed by atoms with Crippen LogP contribution in [0.2, 0.25) is 0 Å². The van der Waals surface area contributed by atoms with Crippen molar-refractivity contribution in [2.45, 2.75) is 37.5 Å². The summed E-state index contributed by atoms with van der Waals surface area (Å²) in [6, 6.07) is 5.93. The summed E-state index contributed by atoms with van der Waals surface area (Å²) in [6.07, 6.45) is 1.12. The van der Waals surface area contributed by atoms with Crippen molar-refractivity contribution >= 4 is 44.1 Å². The minimum atomic E-state index is -3.68. The van der Waals surface area contributed by atoms with Crippen molar-refractivity contribution in [1.82, 2.24) is 5.32 Å². The van der Waals surface area contributed by atoms with Gasteiger partial charge in [-0.25, -0.2) is 13.2 Å². The molecule has 1 heterocycles. The van der Waals surface area contributed by atoms with Crippen molar-refractivity contribution in [3.63, 3.8) is 0 Å². The van der Waals surface area contributed by atoms with E-state index in [9.17, 15) is 22.8 Å². The Labute approximate surface area is 196 Å². The standard InChI is InChI=1S/C22H26N2O7S2/c1-13-4-9-16-17(12-13)32-21(19(16)20(26)24-22(27)31-3)23-18(25)10-11-33(28,29)15-7-5-14(30-2)6-8-15/h5-8,13H,4,9-12H2,1-3H3,(H,23,25)(H,24,26,27). The van der Waals surface area contributed by atoms with Crippen LogP contribution < -0.4 is 15.4 Å². The minimum absolute atomic E-state index is 0.0924. The van der Waals surface area contributed by atoms with Gasteiger partial charge in [-0.1, -0.05) is 6.92 Å². The first kappa shape index (κ1) is 24.7. The highest BCUT2D eigenvalue weighted by atomic mass is 32.2. The zero-order valence-corrected chi connectivity index (χ0v) is 20.2. The summed E-state index contributed by atoms with van der Waals surface area (Å²) in [5, 5.41) is 5.13. The number of hydrogen-bond acceptors (Lipinski definition) is 8. The number of methoxy groups -OCH3 is 2. The average Bonchev–Trinajstić information content (AvgIpc) is 3.14. The number of benzene rings is 1. The molecule has 1 aromatic carbocycles. The van der Waals surface area contributed by atoms with E-state index in [1.165, 1.54) is 42.7 Å². The fraction of sp³-hybridized carbons (Fsp3) is 0.409. The van der Waals surface area contributed by atoms with E-state index in [1.807, 2.05) is 0 Å². The van der Waals surface area contributed by atoms with Crippen LogP contribution in [0, 0.1) is 5.92 Å². The molecule has 178 valence electrons. The molecule has 1 aliphatic carbocycles. The molecule has 0 bridgehead atoms. The van der Waals surface area contributed by atoms with Crippen molar-refractivity contribution in [3.05, 3.63) is 40.3 Å². The van der Waals surface area contributed by atoms with E-state index in [4.69, 9.17) is 4.74 Å². The molecule has 33 heavy (non-hydrogen) atoms. The Morgan fingerprint density at radius 3 is 2.48 bits per heavy atom. The van der Waals surface area contributed by atoms with Gasteiger partial charge >= 0.3 is 6.09 Å². The molecule has 1 unspecified atom stereocenters. The molecule has 2 aromatic rings. The third-order valence-electron chi connectivity index (χ3n) is 5.41. The summed E-state index contributed by atoms with van der Waals surface area (Å²) in [4.78, 5) is 37.9. The molecule has 1 aliphatic rings. The summed E-state index contributed by atoms with van der Waals surface area (Å²) in [5.74, 6) is -0.621. The summed E-state index contributed by atoms with van der Waals surface area (Å²) in [5.41, 5.74) is 1.04. The Morgan fingerprint density at radius 2 is 1.85 bits per heavy atom. The maximum Gasteiger partial charge on any atom is 0.413 e. The molecule has 3 rings (SSSR count). The van der Waals surface area contributed by atoms with Crippen molar-refractivity contribution in [2.75, 3.05) is 25.3 Å². The molecule has 0 saturated heterocycles. The van der Waals surface area contributed by atoms with Gasteiger partial charge in [0.15, 0.2) is 9.84 Å². The molecule has 9 nitrogen and oxygen atoms in total. The molecular formula is C22H26N2O7S2. The van der Waals surface area contributed by atoms with Crippen LogP contribution in [0.3, 0.4) is 0 Å². The van der Waals surface area contributed by atoms with Gasteiger partial charge in [0.1, 0.15) is 10.8 Å². The lowest BCUT2D eigenvalue weighted by Gasteiger charge is -2.18. The van der Waals surface area contributed by atoms with Gasteiger partial charge in [0.05, 0.1) is 30.4 Å². The number of sulfone groups is 1. The SMILES string of the molecule is COC(=O)NC(=O)c1c(NC(=O)CCS(=O)(=O)c2ccc(OC)cc2)sc2c1CCC(C)C2. The number of alkyl carbamates (subject to hydrolysis) is 1. The predicted molar refractivity (Wildman–Crippen MR) is 124 cm³/mol. The van der Waals surface area contributed by atoms with E-state index in [0.717, 1.165) is 30.4 Å². The second-order valence-corrected chi connectivity index (χ2v) is 11.0. The number of carbonyl (C=O) groups is 3. The van der Waals surface area contributed by atoms with Gasteiger partial charge in [-0.2, -0.15) is 0 Å². The molecule has 0 fully saturated rings. The summed E-state index contributed by atoms with van der Waals surface area (Å²) in [7, 11) is -1.05. The van der Waals surface area contributed by atoms with Crippen molar-refractivity contribution in [1.29, 1.82) is 0 Å². The fourth-order valence-electron chi connectivity index (χ4n) is 3.60. The third kappa shape index (κ3) is 5.91. The van der Waals surface area contributed by atoms with Crippen LogP contribution in [-0.2, 0) is 32.2 Å². The molecule has 0 spiro atoms. The smallest absolute Gasteiger partial charge is 0.413 e. The Bertz CT molecular complexity index is 1150. The number of thiophene rings is 1. The lowest BCUT2D eigenvalue weighted by atomic mass is 9.88. The average molecular weight is 495 g/mol. The van der Waals surface area contributed by atoms with Crippen LogP contribution in [0.5, 0.6) is 5.75 Å². The van der Waals surface area contributed by atoms with E-state index < -0.39 is 33.5 Å². The summed E-state index contributed by atoms with van der Waals surface area (Å²) < 4.78 is 34.7. The van der Waals surface area contributed by atoms with E-state index in [1.54, 1.807) is 0 Å². The normalized spacial score (nSPS) is 15.3. The number of imide groups is 1. The van der Waals surface area contributed by atoms with Gasteiger partial charge in [-0.3, -0.25) is 14.9 Å². The quantitative estimate of drug-likeness (QED) is 0.605. The Kier molecular flexibility index (Phi) is 7.75. The molecule has 11 heteroatoms. The van der Waals surface area contributed by atoms with Crippen molar-refractivity contribution in [3.8, 4) is 5.75 Å². The number of amides is 3. The van der Waals surface area contributed by atoms with E-state index in [2.05, 4.69) is 22.3 Å². The Hall–Kier alpha value is -2.92. The van der Waals surface area contributed by atoms with Crippen molar-refractivity contribution in [2.24, 2.45) is 5.92 Å². The number of carbonyl (C=O) groups excluding carboxylic acids is 3. The maximum atomic E-state index is 12.7. The van der Waals surface area contributed by atoms with Crippen LogP contribution >= 0.6 is 11.3 Å². The number of fused-ring (bicyclic) bond motifs is 1. The van der Waals surface area contributed by atoms with E-state index in [0.29, 0.717) is 23.1 Å². The largest absolute Gasteiger partial charge is 0.497 e. The highest BCUT2D eigenvalue weighted by molar-refractivity contribution is 7.91. The molecule has 2 N–H and O–H groups in total. The minimum Gasteiger partial charge on any atom is -0.497 e. The predicted octanol–water partition coefficient (Wildman–Crippen LogP) is 3.18. The molecule has 0 radical (unpaired) electrons. The van der Waals surface area contributed by atoms with Gasteiger partial charge in [0.2, 0.25) is 5.91 Å². The number of rotatable bonds is 7. The van der Waals surface area contributed by atoms with Gasteiger partial charge in [-0.05, 0) is 55.0 Å². The monoisotopic (exact) mass is 494 g/mol. The first-order valence-corrected chi connectivity index (χ1v) is 12.8. The van der Waals surface area contributed by atoms with Crippen LogP contribution in [0.1, 0.15) is 40.6 Å². The third-order valence-corrected chi connectivity index (χ3v) is 8.31. The van der Waals surface area contributed by atoms with Gasteiger partial charge in [0, 0.05) is 11.3 Å². The Morgan fingerprint density at radius 1 is 1.15 bits per heavy atom. The maximum absolute atomic E-state index is 12.7. The number of anilines is 1. The van der Waals surface area contributed by atoms with E-state index in [-0.39, 0.29) is 16.9 Å². The molecule has 1 aromatic heterocycles. The Balaban J connectivity index is 1.75. The molecule has 1 atom stereocenters. The number of ether oxygens (including phenoxy) is 2. The van der Waals surface area contributed by atoms with Crippen LogP contribution in [0.4, 0.5) is 9.80 Å². The molecule has 3 amide bonds. The van der Waals surface area contributed by atoms with Gasteiger partial charge in [-0.15, -0.1) is 11.3 Å². The highest BCUT2D eigenvalue weighted by Gasteiger charge is 2.29. The number of hydrogen-bond donors (Lipinski definition) is 2. The summed E-state index contributed by atoms with van der Waals surface area (Å²) >= 11 is 1.28. The zero-order chi connectivity index (χ0) is 24.2. The molecule has 0 saturated carbocycles. The number of nitrogens with one attached hydrogen (secondary N) is 2. The first-order chi connectivity index (χ1) is 15.6. The van der Waals surface area contributed by atoms with Crippen molar-refractivity contribution < 1.29 is 32.3 Å². The van der Waals surface area contributed by atoms with Gasteiger partial charge in [0.25, 0.3) is 5.91 Å². The molecular weight excluding hydrogens is 468 g/mol. The second-order valence-electron chi connectivity index (χ2n) is 7.79. The lowest BCUT2D eigenvalue weighted by molar-refractivity contribution is -0.115. The topological polar surface area (TPSA) is 128 Å². The lowest BCUT2D eigenvalue weighted by Crippen LogP contribution is -2.31. The second kappa shape index (κ2) is 10.3. The zero-order valence-electron chi connectivity index (χ0n) is 18.6. The van der Waals surface area contributed by atoms with Gasteiger partial charge < -0.3 is 14.8 Å². The van der Waals surface area contributed by atoms with Crippen LogP contribution in [0.15, 0.2) is 29.2 Å².